The summed E-state index contributed by atoms with van der Waals surface area (Å²) in [6, 6.07) is 6.18. The fourth-order valence-corrected chi connectivity index (χ4v) is 4.80. The number of aryl methyl sites for hydroxylation is 1. The van der Waals surface area contributed by atoms with Gasteiger partial charge in [0, 0.05) is 49.3 Å². The second-order valence-corrected chi connectivity index (χ2v) is 11.3. The highest BCUT2D eigenvalue weighted by Gasteiger charge is 2.22. The number of halogens is 3. The molecule has 44 heavy (non-hydrogen) atoms. The first kappa shape index (κ1) is 30.3. The Morgan fingerprint density at radius 1 is 1.07 bits per heavy atom. The first-order valence-electron chi connectivity index (χ1n) is 13.5. The predicted molar refractivity (Wildman–Crippen MR) is 154 cm³/mol. The van der Waals surface area contributed by atoms with Crippen molar-refractivity contribution in [3.8, 4) is 16.9 Å². The fourth-order valence-electron chi connectivity index (χ4n) is 4.80. The van der Waals surface area contributed by atoms with E-state index in [1.165, 1.54) is 43.2 Å². The van der Waals surface area contributed by atoms with Gasteiger partial charge in [0.25, 0.3) is 11.1 Å². The molecule has 4 heterocycles. The first-order chi connectivity index (χ1) is 20.7. The number of nitrogens with zero attached hydrogens (tertiary/aromatic N) is 7. The normalized spacial score (nSPS) is 11.8. The number of hydrogen-bond donors (Lipinski definition) is 0. The summed E-state index contributed by atoms with van der Waals surface area (Å²) in [7, 11) is 1.52. The van der Waals surface area contributed by atoms with Crippen LogP contribution in [0.15, 0.2) is 58.6 Å². The van der Waals surface area contributed by atoms with Crippen molar-refractivity contribution in [2.24, 2.45) is 7.05 Å². The van der Waals surface area contributed by atoms with Gasteiger partial charge >= 0.3 is 12.5 Å². The van der Waals surface area contributed by atoms with Crippen LogP contribution >= 0.6 is 0 Å². The molecule has 4 aromatic heterocycles. The van der Waals surface area contributed by atoms with Crippen molar-refractivity contribution in [2.45, 2.75) is 52.7 Å². The number of carbonyl (C=O) groups is 1. The third-order valence-electron chi connectivity index (χ3n) is 7.03. The zero-order valence-corrected chi connectivity index (χ0v) is 24.5. The number of aromatic nitrogens is 7. The molecule has 11 nitrogen and oxygen atoms in total. The molecule has 0 unspecified atom stereocenters. The Morgan fingerprint density at radius 3 is 2.48 bits per heavy atom. The number of ether oxygens (including phenoxy) is 1. The summed E-state index contributed by atoms with van der Waals surface area (Å²) in [6.07, 6.45) is 5.36. The van der Waals surface area contributed by atoms with Gasteiger partial charge in [-0.25, -0.2) is 9.37 Å². The standard InChI is InChI=1S/C30H28F3N7O4/c1-16(41)44-15-23-22(19-8-17(27(42)38(5)14-19)10-21-13-36-40(37-21)29(32)33)6-7-34-26(23)39-28(43)25-18(12-35-39)9-20(11-24(25)31)30(2,3)4/h6-9,11-14,29H,10,15H2,1-5H3. The van der Waals surface area contributed by atoms with E-state index in [1.54, 1.807) is 18.2 Å². The molecule has 0 spiro atoms. The number of carbonyl (C=O) groups excluding carboxylic acids is 1. The van der Waals surface area contributed by atoms with Gasteiger partial charge in [0.2, 0.25) is 0 Å². The van der Waals surface area contributed by atoms with Crippen LogP contribution < -0.4 is 11.1 Å². The Labute approximate surface area is 248 Å². The molecule has 0 fully saturated rings. The fraction of sp³-hybridized carbons (Fsp3) is 0.300. The van der Waals surface area contributed by atoms with Crippen LogP contribution in [0.5, 0.6) is 0 Å². The maximum Gasteiger partial charge on any atom is 0.348 e. The van der Waals surface area contributed by atoms with Crippen LogP contribution in [-0.2, 0) is 35.0 Å². The van der Waals surface area contributed by atoms with Gasteiger partial charge in [0.15, 0.2) is 5.82 Å². The number of hydrogen-bond acceptors (Lipinski definition) is 8. The number of fused-ring (bicyclic) bond motifs is 1. The Bertz CT molecular complexity index is 2030. The summed E-state index contributed by atoms with van der Waals surface area (Å²) >= 11 is 0. The molecule has 0 radical (unpaired) electrons. The van der Waals surface area contributed by atoms with E-state index in [4.69, 9.17) is 4.74 Å². The highest BCUT2D eigenvalue weighted by atomic mass is 19.3. The van der Waals surface area contributed by atoms with Crippen LogP contribution in [-0.4, -0.2) is 40.3 Å². The molecule has 0 saturated carbocycles. The van der Waals surface area contributed by atoms with Crippen molar-refractivity contribution in [3.05, 3.63) is 98.0 Å². The van der Waals surface area contributed by atoms with E-state index < -0.39 is 29.5 Å². The van der Waals surface area contributed by atoms with E-state index in [1.807, 2.05) is 20.8 Å². The van der Waals surface area contributed by atoms with E-state index in [2.05, 4.69) is 20.3 Å². The second-order valence-electron chi connectivity index (χ2n) is 11.3. The van der Waals surface area contributed by atoms with Gasteiger partial charge in [-0.15, -0.1) is 4.80 Å². The van der Waals surface area contributed by atoms with Crippen molar-refractivity contribution in [1.29, 1.82) is 0 Å². The molecule has 5 rings (SSSR count). The van der Waals surface area contributed by atoms with Gasteiger partial charge < -0.3 is 9.30 Å². The lowest BCUT2D eigenvalue weighted by Crippen LogP contribution is -2.25. The summed E-state index contributed by atoms with van der Waals surface area (Å²) < 4.78 is 48.9. The molecule has 0 amide bonds. The van der Waals surface area contributed by atoms with Gasteiger partial charge in [0.1, 0.15) is 12.4 Å². The molecule has 5 aromatic rings. The first-order valence-corrected chi connectivity index (χ1v) is 13.5. The summed E-state index contributed by atoms with van der Waals surface area (Å²) in [5, 5.41) is 11.7. The summed E-state index contributed by atoms with van der Waals surface area (Å²) in [5.41, 5.74) is 0.692. The Morgan fingerprint density at radius 2 is 1.82 bits per heavy atom. The largest absolute Gasteiger partial charge is 0.461 e. The number of rotatable bonds is 7. The molecular weight excluding hydrogens is 579 g/mol. The third kappa shape index (κ3) is 5.87. The van der Waals surface area contributed by atoms with Crippen molar-refractivity contribution in [2.75, 3.05) is 0 Å². The van der Waals surface area contributed by atoms with E-state index >= 15 is 4.39 Å². The van der Waals surface area contributed by atoms with E-state index in [-0.39, 0.29) is 51.3 Å². The summed E-state index contributed by atoms with van der Waals surface area (Å²) in [4.78, 5) is 43.0. The molecule has 0 bridgehead atoms. The third-order valence-corrected chi connectivity index (χ3v) is 7.03. The minimum atomic E-state index is -2.93. The maximum atomic E-state index is 15.4. The SMILES string of the molecule is CC(=O)OCc1c(-c2cc(Cc3cnn(C(F)F)n3)c(=O)n(C)c2)ccnc1-n1ncc2cc(C(C)(C)C)cc(F)c2c1=O. The smallest absolute Gasteiger partial charge is 0.348 e. The van der Waals surface area contributed by atoms with Crippen LogP contribution in [0.2, 0.25) is 0 Å². The summed E-state index contributed by atoms with van der Waals surface area (Å²) in [5.74, 6) is -1.32. The maximum absolute atomic E-state index is 15.4. The number of benzene rings is 1. The van der Waals surface area contributed by atoms with Crippen LogP contribution in [0.4, 0.5) is 13.2 Å². The zero-order chi connectivity index (χ0) is 31.9. The Kier molecular flexibility index (Phi) is 7.93. The quantitative estimate of drug-likeness (QED) is 0.252. The number of esters is 1. The second kappa shape index (κ2) is 11.5. The van der Waals surface area contributed by atoms with E-state index in [0.29, 0.717) is 22.1 Å². The number of pyridine rings is 2. The molecular formula is C30H28F3N7O4. The molecule has 1 aromatic carbocycles. The van der Waals surface area contributed by atoms with E-state index in [0.717, 1.165) is 10.9 Å². The Balaban J connectivity index is 1.68. The van der Waals surface area contributed by atoms with Crippen molar-refractivity contribution >= 4 is 16.7 Å². The minimum Gasteiger partial charge on any atom is -0.461 e. The minimum absolute atomic E-state index is 0.00905. The van der Waals surface area contributed by atoms with Crippen molar-refractivity contribution < 1.29 is 22.7 Å². The summed E-state index contributed by atoms with van der Waals surface area (Å²) in [6.45, 7) is 3.74. The molecule has 0 aliphatic carbocycles. The highest BCUT2D eigenvalue weighted by Crippen LogP contribution is 2.30. The average molecular weight is 608 g/mol. The van der Waals surface area contributed by atoms with Crippen LogP contribution in [0, 0.1) is 5.82 Å². The topological polar surface area (TPSA) is 127 Å². The van der Waals surface area contributed by atoms with Gasteiger partial charge in [-0.05, 0) is 46.4 Å². The lowest BCUT2D eigenvalue weighted by atomic mass is 9.86. The molecule has 0 saturated heterocycles. The van der Waals surface area contributed by atoms with Crippen molar-refractivity contribution in [3.63, 3.8) is 0 Å². The number of alkyl halides is 2. The highest BCUT2D eigenvalue weighted by molar-refractivity contribution is 5.83. The zero-order valence-electron chi connectivity index (χ0n) is 24.5. The molecule has 14 heteroatoms. The van der Waals surface area contributed by atoms with Gasteiger partial charge in [-0.1, -0.05) is 20.8 Å². The predicted octanol–water partition coefficient (Wildman–Crippen LogP) is 4.22. The van der Waals surface area contributed by atoms with Gasteiger partial charge in [-0.2, -0.15) is 28.8 Å². The molecule has 0 N–H and O–H groups in total. The van der Waals surface area contributed by atoms with Crippen LogP contribution in [0.1, 0.15) is 56.6 Å². The lowest BCUT2D eigenvalue weighted by molar-refractivity contribution is -0.142. The van der Waals surface area contributed by atoms with Crippen LogP contribution in [0.3, 0.4) is 0 Å². The molecule has 228 valence electrons. The van der Waals surface area contributed by atoms with E-state index in [9.17, 15) is 23.2 Å². The van der Waals surface area contributed by atoms with Crippen molar-refractivity contribution in [1.82, 2.24) is 34.3 Å². The molecule has 0 atom stereocenters. The van der Waals surface area contributed by atoms with Gasteiger partial charge in [0.05, 0.1) is 23.5 Å². The van der Waals surface area contributed by atoms with Gasteiger partial charge in [-0.3, -0.25) is 14.4 Å². The van der Waals surface area contributed by atoms with Crippen LogP contribution in [0.25, 0.3) is 27.7 Å². The molecule has 0 aliphatic rings. The molecule has 0 aliphatic heterocycles. The Hall–Kier alpha value is -5.14. The monoisotopic (exact) mass is 607 g/mol. The lowest BCUT2D eigenvalue weighted by Gasteiger charge is -2.20. The average Bonchev–Trinajstić information content (AvgIpc) is 3.42.